The summed E-state index contributed by atoms with van der Waals surface area (Å²) in [5.41, 5.74) is 6.52. The van der Waals surface area contributed by atoms with Crippen molar-refractivity contribution in [2.24, 2.45) is 0 Å². The molecule has 0 saturated heterocycles. The number of aliphatic carboxylic acids is 1. The van der Waals surface area contributed by atoms with Crippen LogP contribution < -0.4 is 11.1 Å². The Morgan fingerprint density at radius 2 is 2.21 bits per heavy atom. The van der Waals surface area contributed by atoms with Gasteiger partial charge in [-0.3, -0.25) is 4.79 Å². The molecule has 0 spiro atoms. The van der Waals surface area contributed by atoms with Crippen LogP contribution in [0.25, 0.3) is 10.2 Å². The first kappa shape index (κ1) is 13.2. The van der Waals surface area contributed by atoms with Gasteiger partial charge in [-0.2, -0.15) is 0 Å². The highest BCUT2D eigenvalue weighted by molar-refractivity contribution is 7.22. The first-order valence-corrected chi connectivity index (χ1v) is 6.13. The maximum Gasteiger partial charge on any atom is 0.328 e. The molecule has 0 unspecified atom stereocenters. The number of nitrogens with zero attached hydrogens (tertiary/aromatic N) is 1. The minimum atomic E-state index is -1.32. The lowest BCUT2D eigenvalue weighted by Gasteiger charge is -2.11. The second-order valence-electron chi connectivity index (χ2n) is 3.78. The van der Waals surface area contributed by atoms with E-state index in [-0.39, 0.29) is 5.56 Å². The number of amides is 1. The Kier molecular flexibility index (Phi) is 3.63. The van der Waals surface area contributed by atoms with E-state index in [4.69, 9.17) is 15.9 Å². The molecular weight excluding hydrogens is 270 g/mol. The standard InChI is InChI=1S/C11H11N3O4S/c12-11-14-6-2-1-5(3-8(6)19-11)9(16)13-7(4-15)10(17)18/h1-3,7,15H,4H2,(H2,12,14)(H,13,16)(H,17,18)/t7-/m1/s1. The Morgan fingerprint density at radius 1 is 1.47 bits per heavy atom. The van der Waals surface area contributed by atoms with Crippen LogP contribution in [-0.2, 0) is 4.79 Å². The molecule has 0 saturated carbocycles. The average Bonchev–Trinajstić information content (AvgIpc) is 2.74. The molecular formula is C11H11N3O4S. The van der Waals surface area contributed by atoms with Crippen LogP contribution in [0.15, 0.2) is 18.2 Å². The van der Waals surface area contributed by atoms with E-state index < -0.39 is 24.5 Å². The number of benzene rings is 1. The third-order valence-corrected chi connectivity index (χ3v) is 3.30. The summed E-state index contributed by atoms with van der Waals surface area (Å²) in [5.74, 6) is -1.87. The van der Waals surface area contributed by atoms with E-state index in [1.807, 2.05) is 0 Å². The van der Waals surface area contributed by atoms with Crippen molar-refractivity contribution in [1.29, 1.82) is 0 Å². The number of anilines is 1. The number of fused-ring (bicyclic) bond motifs is 1. The van der Waals surface area contributed by atoms with Gasteiger partial charge in [0.25, 0.3) is 5.91 Å². The third-order valence-electron chi connectivity index (χ3n) is 2.45. The summed E-state index contributed by atoms with van der Waals surface area (Å²) in [4.78, 5) is 26.6. The topological polar surface area (TPSA) is 126 Å². The summed E-state index contributed by atoms with van der Waals surface area (Å²) in [6.07, 6.45) is 0. The largest absolute Gasteiger partial charge is 0.480 e. The molecule has 2 rings (SSSR count). The van der Waals surface area contributed by atoms with Gasteiger partial charge < -0.3 is 21.3 Å². The van der Waals surface area contributed by atoms with E-state index in [0.717, 1.165) is 4.70 Å². The summed E-state index contributed by atoms with van der Waals surface area (Å²) in [6, 6.07) is 3.41. The average molecular weight is 281 g/mol. The SMILES string of the molecule is Nc1nc2ccc(C(=O)N[C@H](CO)C(=O)O)cc2s1. The zero-order valence-electron chi connectivity index (χ0n) is 9.66. The highest BCUT2D eigenvalue weighted by Crippen LogP contribution is 2.24. The van der Waals surface area contributed by atoms with E-state index >= 15 is 0 Å². The van der Waals surface area contributed by atoms with Crippen molar-refractivity contribution in [3.05, 3.63) is 23.8 Å². The summed E-state index contributed by atoms with van der Waals surface area (Å²) < 4.78 is 0.737. The van der Waals surface area contributed by atoms with Crippen LogP contribution in [0.1, 0.15) is 10.4 Å². The van der Waals surface area contributed by atoms with Gasteiger partial charge in [-0.05, 0) is 18.2 Å². The predicted molar refractivity (Wildman–Crippen MR) is 70.0 cm³/mol. The van der Waals surface area contributed by atoms with Gasteiger partial charge in [0.05, 0.1) is 16.8 Å². The molecule has 1 atom stereocenters. The maximum absolute atomic E-state index is 11.8. The Morgan fingerprint density at radius 3 is 2.84 bits per heavy atom. The Bertz CT molecular complexity index is 640. The van der Waals surface area contributed by atoms with Crippen LogP contribution in [0.4, 0.5) is 5.13 Å². The molecule has 2 aromatic rings. The van der Waals surface area contributed by atoms with Crippen molar-refractivity contribution in [3.8, 4) is 0 Å². The zero-order chi connectivity index (χ0) is 14.0. The summed E-state index contributed by atoms with van der Waals surface area (Å²) in [5, 5.41) is 20.2. The van der Waals surface area contributed by atoms with Crippen molar-refractivity contribution >= 4 is 38.6 Å². The first-order valence-electron chi connectivity index (χ1n) is 5.32. The van der Waals surface area contributed by atoms with E-state index in [2.05, 4.69) is 10.3 Å². The fraction of sp³-hybridized carbons (Fsp3) is 0.182. The highest BCUT2D eigenvalue weighted by Gasteiger charge is 2.19. The molecule has 1 amide bonds. The lowest BCUT2D eigenvalue weighted by atomic mass is 10.2. The van der Waals surface area contributed by atoms with E-state index in [1.165, 1.54) is 17.4 Å². The van der Waals surface area contributed by atoms with Gasteiger partial charge >= 0.3 is 5.97 Å². The molecule has 19 heavy (non-hydrogen) atoms. The van der Waals surface area contributed by atoms with Crippen molar-refractivity contribution in [1.82, 2.24) is 10.3 Å². The molecule has 7 nitrogen and oxygen atoms in total. The number of hydrogen-bond donors (Lipinski definition) is 4. The molecule has 1 heterocycles. The molecule has 100 valence electrons. The number of hydrogen-bond acceptors (Lipinski definition) is 6. The Hall–Kier alpha value is -2.19. The summed E-state index contributed by atoms with van der Waals surface area (Å²) in [7, 11) is 0. The van der Waals surface area contributed by atoms with Gasteiger partial charge in [-0.15, -0.1) is 0 Å². The van der Waals surface area contributed by atoms with Gasteiger partial charge in [-0.1, -0.05) is 11.3 Å². The van der Waals surface area contributed by atoms with Gasteiger partial charge in [-0.25, -0.2) is 9.78 Å². The second kappa shape index (κ2) is 5.21. The first-order chi connectivity index (χ1) is 9.01. The number of aliphatic hydroxyl groups is 1. The van der Waals surface area contributed by atoms with Crippen LogP contribution in [-0.4, -0.2) is 39.7 Å². The number of carboxylic acid groups (broad SMARTS) is 1. The monoisotopic (exact) mass is 281 g/mol. The number of rotatable bonds is 4. The molecule has 0 aliphatic carbocycles. The Balaban J connectivity index is 2.23. The van der Waals surface area contributed by atoms with Crippen LogP contribution >= 0.6 is 11.3 Å². The number of carboxylic acids is 1. The van der Waals surface area contributed by atoms with Crippen molar-refractivity contribution in [3.63, 3.8) is 0 Å². The van der Waals surface area contributed by atoms with E-state index in [1.54, 1.807) is 12.1 Å². The fourth-order valence-corrected chi connectivity index (χ4v) is 2.28. The number of thiazole rings is 1. The van der Waals surface area contributed by atoms with Crippen LogP contribution in [0.3, 0.4) is 0 Å². The number of nitrogens with two attached hydrogens (primary N) is 1. The molecule has 0 radical (unpaired) electrons. The van der Waals surface area contributed by atoms with Crippen molar-refractivity contribution in [2.45, 2.75) is 6.04 Å². The van der Waals surface area contributed by atoms with E-state index in [0.29, 0.717) is 10.6 Å². The van der Waals surface area contributed by atoms with Gasteiger partial charge in [0.2, 0.25) is 0 Å². The van der Waals surface area contributed by atoms with Crippen molar-refractivity contribution < 1.29 is 19.8 Å². The molecule has 0 aliphatic rings. The molecule has 8 heteroatoms. The molecule has 0 bridgehead atoms. The maximum atomic E-state index is 11.8. The molecule has 5 N–H and O–H groups in total. The van der Waals surface area contributed by atoms with Crippen LogP contribution in [0, 0.1) is 0 Å². The van der Waals surface area contributed by atoms with E-state index in [9.17, 15) is 9.59 Å². The van der Waals surface area contributed by atoms with Crippen molar-refractivity contribution in [2.75, 3.05) is 12.3 Å². The fourth-order valence-electron chi connectivity index (χ4n) is 1.51. The summed E-state index contributed by atoms with van der Waals surface area (Å²) >= 11 is 1.24. The number of nitrogens with one attached hydrogen (secondary N) is 1. The Labute approximate surface area is 111 Å². The van der Waals surface area contributed by atoms with Crippen LogP contribution in [0.2, 0.25) is 0 Å². The number of aromatic nitrogens is 1. The zero-order valence-corrected chi connectivity index (χ0v) is 10.5. The molecule has 1 aromatic carbocycles. The van der Waals surface area contributed by atoms with Crippen LogP contribution in [0.5, 0.6) is 0 Å². The van der Waals surface area contributed by atoms with Gasteiger partial charge in [0, 0.05) is 5.56 Å². The number of aliphatic hydroxyl groups excluding tert-OH is 1. The lowest BCUT2D eigenvalue weighted by Crippen LogP contribution is -2.43. The number of carbonyl (C=O) groups is 2. The second-order valence-corrected chi connectivity index (χ2v) is 4.84. The minimum absolute atomic E-state index is 0.288. The van der Waals surface area contributed by atoms with Gasteiger partial charge in [0.15, 0.2) is 11.2 Å². The summed E-state index contributed by atoms with van der Waals surface area (Å²) in [6.45, 7) is -0.670. The minimum Gasteiger partial charge on any atom is -0.480 e. The molecule has 0 aliphatic heterocycles. The number of carbonyl (C=O) groups excluding carboxylic acids is 1. The van der Waals surface area contributed by atoms with Gasteiger partial charge in [0.1, 0.15) is 0 Å². The smallest absolute Gasteiger partial charge is 0.328 e. The number of nitrogen functional groups attached to an aromatic ring is 1. The quantitative estimate of drug-likeness (QED) is 0.627. The normalized spacial score (nSPS) is 12.3. The molecule has 1 aromatic heterocycles. The third kappa shape index (κ3) is 2.80. The highest BCUT2D eigenvalue weighted by atomic mass is 32.1. The predicted octanol–water partition coefficient (Wildman–Crippen LogP) is 0.0538. The lowest BCUT2D eigenvalue weighted by molar-refractivity contribution is -0.140. The molecule has 0 fully saturated rings.